The lowest BCUT2D eigenvalue weighted by atomic mass is 9.82. The Hall–Kier alpha value is -0.830. The van der Waals surface area contributed by atoms with Crippen molar-refractivity contribution in [1.82, 2.24) is 15.3 Å². The van der Waals surface area contributed by atoms with Crippen molar-refractivity contribution in [2.75, 3.05) is 6.54 Å². The fourth-order valence-corrected chi connectivity index (χ4v) is 2.54. The number of H-pyrrole nitrogens is 1. The lowest BCUT2D eigenvalue weighted by Crippen LogP contribution is -2.26. The highest BCUT2D eigenvalue weighted by Crippen LogP contribution is 2.27. The Morgan fingerprint density at radius 2 is 2.47 bits per heavy atom. The standard InChI is InChI=1S/C12H21N3/c1-10-3-2-4-11(5-10)6-13-7-12-8-14-9-15-12/h8-11,13H,2-7H2,1H3,(H,14,15). The van der Waals surface area contributed by atoms with E-state index < -0.39 is 0 Å². The number of aromatic nitrogens is 2. The highest BCUT2D eigenvalue weighted by molar-refractivity contribution is 4.93. The zero-order chi connectivity index (χ0) is 10.5. The smallest absolute Gasteiger partial charge is 0.0922 e. The summed E-state index contributed by atoms with van der Waals surface area (Å²) in [6.07, 6.45) is 9.26. The van der Waals surface area contributed by atoms with Crippen molar-refractivity contribution in [2.45, 2.75) is 39.2 Å². The fourth-order valence-electron chi connectivity index (χ4n) is 2.54. The molecule has 2 rings (SSSR count). The van der Waals surface area contributed by atoms with Gasteiger partial charge in [0.15, 0.2) is 0 Å². The van der Waals surface area contributed by atoms with Crippen molar-refractivity contribution in [3.63, 3.8) is 0 Å². The second kappa shape index (κ2) is 5.31. The van der Waals surface area contributed by atoms with Crippen LogP contribution in [0.1, 0.15) is 38.3 Å². The van der Waals surface area contributed by atoms with E-state index in [1.165, 1.54) is 31.4 Å². The summed E-state index contributed by atoms with van der Waals surface area (Å²) >= 11 is 0. The molecule has 2 atom stereocenters. The van der Waals surface area contributed by atoms with Gasteiger partial charge in [-0.15, -0.1) is 0 Å². The van der Waals surface area contributed by atoms with Crippen molar-refractivity contribution in [2.24, 2.45) is 11.8 Å². The van der Waals surface area contributed by atoms with E-state index in [4.69, 9.17) is 0 Å². The maximum Gasteiger partial charge on any atom is 0.0922 e. The average Bonchev–Trinajstić information content (AvgIpc) is 2.71. The fraction of sp³-hybridized carbons (Fsp3) is 0.750. The van der Waals surface area contributed by atoms with Crippen LogP contribution in [-0.4, -0.2) is 16.5 Å². The molecule has 1 aliphatic rings. The Morgan fingerprint density at radius 1 is 1.53 bits per heavy atom. The van der Waals surface area contributed by atoms with Crippen LogP contribution < -0.4 is 5.32 Å². The van der Waals surface area contributed by atoms with Crippen LogP contribution >= 0.6 is 0 Å². The number of hydrogen-bond acceptors (Lipinski definition) is 2. The summed E-state index contributed by atoms with van der Waals surface area (Å²) in [5.74, 6) is 1.81. The van der Waals surface area contributed by atoms with Crippen LogP contribution in [0.4, 0.5) is 0 Å². The summed E-state index contributed by atoms with van der Waals surface area (Å²) in [5.41, 5.74) is 1.18. The molecule has 15 heavy (non-hydrogen) atoms. The minimum atomic E-state index is 0.886. The van der Waals surface area contributed by atoms with Crippen LogP contribution in [0.5, 0.6) is 0 Å². The van der Waals surface area contributed by atoms with Crippen molar-refractivity contribution in [1.29, 1.82) is 0 Å². The number of nitrogens with one attached hydrogen (secondary N) is 2. The molecule has 2 unspecified atom stereocenters. The summed E-state index contributed by atoms with van der Waals surface area (Å²) in [5, 5.41) is 3.51. The first-order valence-corrected chi connectivity index (χ1v) is 6.02. The minimum absolute atomic E-state index is 0.886. The molecule has 1 aliphatic carbocycles. The average molecular weight is 207 g/mol. The number of aromatic amines is 1. The Bertz CT molecular complexity index is 268. The lowest BCUT2D eigenvalue weighted by Gasteiger charge is -2.26. The van der Waals surface area contributed by atoms with Crippen LogP contribution in [0, 0.1) is 11.8 Å². The van der Waals surface area contributed by atoms with Crippen LogP contribution in [0.25, 0.3) is 0 Å². The Labute approximate surface area is 91.7 Å². The SMILES string of the molecule is CC1CCCC(CNCc2cnc[nH]2)C1. The van der Waals surface area contributed by atoms with Gasteiger partial charge < -0.3 is 10.3 Å². The van der Waals surface area contributed by atoms with Gasteiger partial charge in [-0.2, -0.15) is 0 Å². The number of rotatable bonds is 4. The van der Waals surface area contributed by atoms with Crippen LogP contribution in [-0.2, 0) is 6.54 Å². The monoisotopic (exact) mass is 207 g/mol. The second-order valence-electron chi connectivity index (χ2n) is 4.85. The van der Waals surface area contributed by atoms with E-state index in [0.717, 1.165) is 24.9 Å². The molecule has 3 nitrogen and oxygen atoms in total. The molecule has 2 N–H and O–H groups in total. The number of nitrogens with zero attached hydrogens (tertiary/aromatic N) is 1. The summed E-state index contributed by atoms with van der Waals surface area (Å²) in [6.45, 7) is 4.45. The molecule has 1 aromatic heterocycles. The van der Waals surface area contributed by atoms with Gasteiger partial charge in [0.2, 0.25) is 0 Å². The van der Waals surface area contributed by atoms with Crippen LogP contribution in [0.2, 0.25) is 0 Å². The van der Waals surface area contributed by atoms with E-state index in [9.17, 15) is 0 Å². The second-order valence-corrected chi connectivity index (χ2v) is 4.85. The van der Waals surface area contributed by atoms with E-state index in [2.05, 4.69) is 22.2 Å². The summed E-state index contributed by atoms with van der Waals surface area (Å²) in [7, 11) is 0. The molecule has 0 saturated heterocycles. The van der Waals surface area contributed by atoms with Crippen molar-refractivity contribution < 1.29 is 0 Å². The first kappa shape index (κ1) is 10.7. The van der Waals surface area contributed by atoms with Crippen LogP contribution in [0.15, 0.2) is 12.5 Å². The molecule has 0 radical (unpaired) electrons. The van der Waals surface area contributed by atoms with Gasteiger partial charge in [0.1, 0.15) is 0 Å². The molecule has 1 saturated carbocycles. The van der Waals surface area contributed by atoms with Gasteiger partial charge in [0.05, 0.1) is 6.33 Å². The maximum atomic E-state index is 4.00. The molecular formula is C12H21N3. The Morgan fingerprint density at radius 3 is 3.20 bits per heavy atom. The molecule has 0 amide bonds. The molecule has 84 valence electrons. The van der Waals surface area contributed by atoms with Gasteiger partial charge in [-0.3, -0.25) is 0 Å². The molecular weight excluding hydrogens is 186 g/mol. The van der Waals surface area contributed by atoms with E-state index in [1.807, 2.05) is 6.20 Å². The highest BCUT2D eigenvalue weighted by Gasteiger charge is 2.18. The minimum Gasteiger partial charge on any atom is -0.347 e. The number of imidazole rings is 1. The van der Waals surface area contributed by atoms with E-state index >= 15 is 0 Å². The van der Waals surface area contributed by atoms with E-state index in [-0.39, 0.29) is 0 Å². The molecule has 0 spiro atoms. The number of hydrogen-bond donors (Lipinski definition) is 2. The largest absolute Gasteiger partial charge is 0.347 e. The molecule has 3 heteroatoms. The third-order valence-corrected chi connectivity index (χ3v) is 3.35. The van der Waals surface area contributed by atoms with Gasteiger partial charge in [-0.1, -0.05) is 19.8 Å². The lowest BCUT2D eigenvalue weighted by molar-refractivity contribution is 0.274. The zero-order valence-corrected chi connectivity index (χ0v) is 9.50. The third-order valence-electron chi connectivity index (χ3n) is 3.35. The van der Waals surface area contributed by atoms with Crippen molar-refractivity contribution in [3.8, 4) is 0 Å². The van der Waals surface area contributed by atoms with E-state index in [0.29, 0.717) is 0 Å². The molecule has 0 aromatic carbocycles. The first-order chi connectivity index (χ1) is 7.34. The molecule has 0 bridgehead atoms. The van der Waals surface area contributed by atoms with Gasteiger partial charge in [-0.25, -0.2) is 4.98 Å². The van der Waals surface area contributed by atoms with E-state index in [1.54, 1.807) is 6.33 Å². The topological polar surface area (TPSA) is 40.7 Å². The third kappa shape index (κ3) is 3.34. The first-order valence-electron chi connectivity index (χ1n) is 6.02. The molecule has 0 aliphatic heterocycles. The summed E-state index contributed by atoms with van der Waals surface area (Å²) in [6, 6.07) is 0. The molecule has 1 aromatic rings. The van der Waals surface area contributed by atoms with Gasteiger partial charge in [0.25, 0.3) is 0 Å². The van der Waals surface area contributed by atoms with Crippen molar-refractivity contribution in [3.05, 3.63) is 18.2 Å². The van der Waals surface area contributed by atoms with Crippen LogP contribution in [0.3, 0.4) is 0 Å². The Kier molecular flexibility index (Phi) is 3.78. The van der Waals surface area contributed by atoms with Gasteiger partial charge in [0, 0.05) is 18.4 Å². The highest BCUT2D eigenvalue weighted by atomic mass is 14.9. The zero-order valence-electron chi connectivity index (χ0n) is 9.50. The predicted molar refractivity (Wildman–Crippen MR) is 61.4 cm³/mol. The van der Waals surface area contributed by atoms with Crippen molar-refractivity contribution >= 4 is 0 Å². The maximum absolute atomic E-state index is 4.00. The normalized spacial score (nSPS) is 26.7. The van der Waals surface area contributed by atoms with Gasteiger partial charge in [-0.05, 0) is 31.2 Å². The quantitative estimate of drug-likeness (QED) is 0.795. The predicted octanol–water partition coefficient (Wildman–Crippen LogP) is 2.33. The molecule has 1 fully saturated rings. The van der Waals surface area contributed by atoms with Gasteiger partial charge >= 0.3 is 0 Å². The molecule has 1 heterocycles. The summed E-state index contributed by atoms with van der Waals surface area (Å²) in [4.78, 5) is 7.11. The Balaban J connectivity index is 1.65. The summed E-state index contributed by atoms with van der Waals surface area (Å²) < 4.78 is 0.